The highest BCUT2D eigenvalue weighted by atomic mass is 35.5. The smallest absolute Gasteiger partial charge is 0.238 e. The number of halogens is 1. The lowest BCUT2D eigenvalue weighted by Gasteiger charge is -2.24. The van der Waals surface area contributed by atoms with E-state index in [0.717, 1.165) is 21.8 Å². The molecule has 1 atom stereocenters. The normalized spacial score (nSPS) is 15.0. The largest absolute Gasteiger partial charge is 0.489 e. The molecule has 2 amide bonds. The van der Waals surface area contributed by atoms with Crippen LogP contribution in [0, 0.1) is 0 Å². The topological polar surface area (TPSA) is 67.4 Å². The molecule has 5 nitrogen and oxygen atoms in total. The van der Waals surface area contributed by atoms with Crippen LogP contribution in [0.3, 0.4) is 0 Å². The van der Waals surface area contributed by atoms with Crippen LogP contribution in [-0.4, -0.2) is 17.1 Å². The number of hydrogen-bond donors (Lipinski definition) is 2. The molecule has 0 saturated carbocycles. The highest BCUT2D eigenvalue weighted by molar-refractivity contribution is 8.01. The van der Waals surface area contributed by atoms with Crippen molar-refractivity contribution in [3.8, 4) is 5.75 Å². The van der Waals surface area contributed by atoms with Crippen molar-refractivity contribution in [1.82, 2.24) is 5.32 Å². The van der Waals surface area contributed by atoms with Gasteiger partial charge >= 0.3 is 0 Å². The molecular formula is C24H21ClN2O3S. The summed E-state index contributed by atoms with van der Waals surface area (Å²) >= 11 is 7.36. The maximum Gasteiger partial charge on any atom is 0.238 e. The summed E-state index contributed by atoms with van der Waals surface area (Å²) < 4.78 is 5.94. The first kappa shape index (κ1) is 21.3. The van der Waals surface area contributed by atoms with E-state index in [4.69, 9.17) is 16.3 Å². The fourth-order valence-electron chi connectivity index (χ4n) is 3.22. The summed E-state index contributed by atoms with van der Waals surface area (Å²) in [6.07, 6.45) is 0.0889. The molecule has 1 heterocycles. The molecule has 1 unspecified atom stereocenters. The molecule has 0 saturated heterocycles. The summed E-state index contributed by atoms with van der Waals surface area (Å²) in [5, 5.41) is 5.80. The molecule has 0 radical (unpaired) electrons. The third kappa shape index (κ3) is 5.60. The molecule has 0 aliphatic carbocycles. The Labute approximate surface area is 190 Å². The van der Waals surface area contributed by atoms with E-state index in [0.29, 0.717) is 23.9 Å². The fourth-order valence-corrected chi connectivity index (χ4v) is 4.48. The van der Waals surface area contributed by atoms with E-state index in [9.17, 15) is 9.59 Å². The van der Waals surface area contributed by atoms with Gasteiger partial charge in [-0.15, -0.1) is 11.8 Å². The molecular weight excluding hydrogens is 432 g/mol. The van der Waals surface area contributed by atoms with Gasteiger partial charge in [-0.05, 0) is 29.8 Å². The van der Waals surface area contributed by atoms with Crippen LogP contribution >= 0.6 is 23.4 Å². The number of benzene rings is 3. The van der Waals surface area contributed by atoms with Gasteiger partial charge in [0.25, 0.3) is 0 Å². The molecule has 158 valence electrons. The van der Waals surface area contributed by atoms with E-state index in [2.05, 4.69) is 10.6 Å². The molecule has 1 aliphatic rings. The maximum absolute atomic E-state index is 12.5. The van der Waals surface area contributed by atoms with Gasteiger partial charge in [-0.25, -0.2) is 0 Å². The predicted octanol–water partition coefficient (Wildman–Crippen LogP) is 5.04. The second-order valence-corrected chi connectivity index (χ2v) is 8.78. The quantitative estimate of drug-likeness (QED) is 0.527. The number of nitrogens with one attached hydrogen (secondary N) is 2. The van der Waals surface area contributed by atoms with Gasteiger partial charge in [-0.1, -0.05) is 60.1 Å². The third-order valence-corrected chi connectivity index (χ3v) is 6.33. The molecule has 4 rings (SSSR count). The minimum absolute atomic E-state index is 0.0889. The molecule has 0 spiro atoms. The standard InChI is InChI=1S/C24H21ClN2O3S/c25-18-10-11-21-19(12-18)27-24(29)22(31-21)13-23(28)26-14-17-8-4-5-9-20(17)30-15-16-6-2-1-3-7-16/h1-12,22H,13-15H2,(H,26,28)(H,27,29). The molecule has 0 bridgehead atoms. The maximum atomic E-state index is 12.5. The lowest BCUT2D eigenvalue weighted by molar-refractivity contribution is -0.124. The van der Waals surface area contributed by atoms with Crippen molar-refractivity contribution in [1.29, 1.82) is 0 Å². The molecule has 1 aliphatic heterocycles. The number of carbonyl (C=O) groups is 2. The van der Waals surface area contributed by atoms with Gasteiger partial charge in [0, 0.05) is 28.4 Å². The number of carbonyl (C=O) groups excluding carboxylic acids is 2. The highest BCUT2D eigenvalue weighted by Crippen LogP contribution is 2.38. The Morgan fingerprint density at radius 1 is 1.06 bits per heavy atom. The van der Waals surface area contributed by atoms with Crippen LogP contribution in [-0.2, 0) is 22.7 Å². The summed E-state index contributed by atoms with van der Waals surface area (Å²) in [6, 6.07) is 22.9. The Bertz CT molecular complexity index is 1090. The second kappa shape index (κ2) is 9.90. The summed E-state index contributed by atoms with van der Waals surface area (Å²) in [7, 11) is 0. The van der Waals surface area contributed by atoms with Crippen molar-refractivity contribution in [3.63, 3.8) is 0 Å². The van der Waals surface area contributed by atoms with Gasteiger partial charge in [0.05, 0.1) is 10.9 Å². The second-order valence-electron chi connectivity index (χ2n) is 7.10. The lowest BCUT2D eigenvalue weighted by Crippen LogP contribution is -2.34. The van der Waals surface area contributed by atoms with Gasteiger partial charge in [-0.3, -0.25) is 9.59 Å². The van der Waals surface area contributed by atoms with Gasteiger partial charge in [-0.2, -0.15) is 0 Å². The SMILES string of the molecule is O=C(CC1Sc2ccc(Cl)cc2NC1=O)NCc1ccccc1OCc1ccccc1. The Morgan fingerprint density at radius 3 is 2.68 bits per heavy atom. The zero-order chi connectivity index (χ0) is 21.6. The number of thioether (sulfide) groups is 1. The number of rotatable bonds is 7. The lowest BCUT2D eigenvalue weighted by atomic mass is 10.2. The monoisotopic (exact) mass is 452 g/mol. The third-order valence-electron chi connectivity index (χ3n) is 4.82. The number of ether oxygens (including phenoxy) is 1. The number of hydrogen-bond acceptors (Lipinski definition) is 4. The number of anilines is 1. The van der Waals surface area contributed by atoms with Crippen LogP contribution in [0.15, 0.2) is 77.7 Å². The molecule has 0 fully saturated rings. The molecule has 7 heteroatoms. The first-order chi connectivity index (χ1) is 15.1. The fraction of sp³-hybridized carbons (Fsp3) is 0.167. The van der Waals surface area contributed by atoms with Gasteiger partial charge < -0.3 is 15.4 Å². The minimum atomic E-state index is -0.488. The molecule has 31 heavy (non-hydrogen) atoms. The van der Waals surface area contributed by atoms with Crippen LogP contribution in [0.25, 0.3) is 0 Å². The van der Waals surface area contributed by atoms with Gasteiger partial charge in [0.1, 0.15) is 12.4 Å². The van der Waals surface area contributed by atoms with E-state index in [1.165, 1.54) is 11.8 Å². The van der Waals surface area contributed by atoms with Gasteiger partial charge in [0.2, 0.25) is 11.8 Å². The van der Waals surface area contributed by atoms with E-state index < -0.39 is 5.25 Å². The Balaban J connectivity index is 1.33. The zero-order valence-corrected chi connectivity index (χ0v) is 18.2. The van der Waals surface area contributed by atoms with Crippen molar-refractivity contribution in [2.75, 3.05) is 5.32 Å². The van der Waals surface area contributed by atoms with E-state index in [-0.39, 0.29) is 18.2 Å². The summed E-state index contributed by atoms with van der Waals surface area (Å²) in [5.41, 5.74) is 2.64. The van der Waals surface area contributed by atoms with E-state index in [1.807, 2.05) is 60.7 Å². The van der Waals surface area contributed by atoms with Crippen LogP contribution in [0.4, 0.5) is 5.69 Å². The van der Waals surface area contributed by atoms with Crippen molar-refractivity contribution in [2.24, 2.45) is 0 Å². The minimum Gasteiger partial charge on any atom is -0.489 e. The Morgan fingerprint density at radius 2 is 1.84 bits per heavy atom. The summed E-state index contributed by atoms with van der Waals surface area (Å²) in [4.78, 5) is 25.8. The molecule has 3 aromatic carbocycles. The van der Waals surface area contributed by atoms with Crippen molar-refractivity contribution in [3.05, 3.63) is 88.9 Å². The number of para-hydroxylation sites is 1. The molecule has 3 aromatic rings. The van der Waals surface area contributed by atoms with Crippen LogP contribution in [0.2, 0.25) is 5.02 Å². The first-order valence-corrected chi connectivity index (χ1v) is 11.1. The number of amides is 2. The predicted molar refractivity (Wildman–Crippen MR) is 123 cm³/mol. The van der Waals surface area contributed by atoms with Gasteiger partial charge in [0.15, 0.2) is 0 Å². The Kier molecular flexibility index (Phi) is 6.79. The average Bonchev–Trinajstić information content (AvgIpc) is 2.78. The Hall–Kier alpha value is -2.96. The molecule has 0 aromatic heterocycles. The average molecular weight is 453 g/mol. The van der Waals surface area contributed by atoms with E-state index >= 15 is 0 Å². The van der Waals surface area contributed by atoms with Crippen LogP contribution in [0.5, 0.6) is 5.75 Å². The number of fused-ring (bicyclic) bond motifs is 1. The van der Waals surface area contributed by atoms with Crippen molar-refractivity contribution in [2.45, 2.75) is 29.7 Å². The first-order valence-electron chi connectivity index (χ1n) is 9.87. The van der Waals surface area contributed by atoms with Crippen molar-refractivity contribution < 1.29 is 14.3 Å². The zero-order valence-electron chi connectivity index (χ0n) is 16.6. The van der Waals surface area contributed by atoms with Crippen LogP contribution in [0.1, 0.15) is 17.5 Å². The molecule has 2 N–H and O–H groups in total. The van der Waals surface area contributed by atoms with Crippen LogP contribution < -0.4 is 15.4 Å². The summed E-state index contributed by atoms with van der Waals surface area (Å²) in [6.45, 7) is 0.781. The van der Waals surface area contributed by atoms with Crippen molar-refractivity contribution >= 4 is 40.9 Å². The highest BCUT2D eigenvalue weighted by Gasteiger charge is 2.29. The van der Waals surface area contributed by atoms with E-state index in [1.54, 1.807) is 12.1 Å². The summed E-state index contributed by atoms with van der Waals surface area (Å²) in [5.74, 6) is 0.340.